The Morgan fingerprint density at radius 1 is 1.29 bits per heavy atom. The highest BCUT2D eigenvalue weighted by Crippen LogP contribution is 2.33. The van der Waals surface area contributed by atoms with Gasteiger partial charge in [0.25, 0.3) is 0 Å². The number of pyridine rings is 1. The lowest BCUT2D eigenvalue weighted by Crippen LogP contribution is -2.23. The van der Waals surface area contributed by atoms with Gasteiger partial charge in [-0.3, -0.25) is 8.96 Å². The van der Waals surface area contributed by atoms with E-state index in [-0.39, 0.29) is 0 Å². The van der Waals surface area contributed by atoms with Gasteiger partial charge in [0.1, 0.15) is 12.4 Å². The summed E-state index contributed by atoms with van der Waals surface area (Å²) < 4.78 is 20.9. The van der Waals surface area contributed by atoms with Gasteiger partial charge in [-0.25, -0.2) is 4.21 Å². The smallest absolute Gasteiger partial charge is 0.157 e. The van der Waals surface area contributed by atoms with E-state index in [4.69, 9.17) is 4.74 Å². The van der Waals surface area contributed by atoms with Gasteiger partial charge in [0.15, 0.2) is 11.0 Å². The molecule has 5 rings (SSSR count). The zero-order chi connectivity index (χ0) is 19.1. The Morgan fingerprint density at radius 3 is 3.07 bits per heavy atom. The van der Waals surface area contributed by atoms with Crippen molar-refractivity contribution < 1.29 is 8.95 Å². The highest BCUT2D eigenvalue weighted by Gasteiger charge is 2.20. The fraction of sp³-hybridized carbons (Fsp3) is 0.286. The van der Waals surface area contributed by atoms with E-state index in [1.54, 1.807) is 6.20 Å². The summed E-state index contributed by atoms with van der Waals surface area (Å²) in [4.78, 5) is 7.63. The number of rotatable bonds is 3. The van der Waals surface area contributed by atoms with Crippen molar-refractivity contribution >= 4 is 33.3 Å². The maximum Gasteiger partial charge on any atom is 0.157 e. The minimum absolute atomic E-state index is 0.650. The van der Waals surface area contributed by atoms with Crippen molar-refractivity contribution in [2.24, 2.45) is 0 Å². The number of ether oxygens (including phenoxy) is 1. The van der Waals surface area contributed by atoms with Crippen LogP contribution in [0.25, 0.3) is 16.6 Å². The number of hydrogen-bond acceptors (Lipinski definition) is 5. The molecule has 1 unspecified atom stereocenters. The number of aromatic nitrogens is 2. The lowest BCUT2D eigenvalue weighted by molar-refractivity contribution is 0.323. The molecule has 1 N–H and O–H groups in total. The Balaban J connectivity index is 1.58. The van der Waals surface area contributed by atoms with Gasteiger partial charge < -0.3 is 15.0 Å². The van der Waals surface area contributed by atoms with E-state index in [1.807, 2.05) is 40.5 Å². The molecule has 1 atom stereocenters. The summed E-state index contributed by atoms with van der Waals surface area (Å²) in [6.45, 7) is 3.35. The van der Waals surface area contributed by atoms with Crippen molar-refractivity contribution in [1.82, 2.24) is 13.9 Å². The van der Waals surface area contributed by atoms with Crippen molar-refractivity contribution in [2.45, 2.75) is 11.3 Å². The maximum atomic E-state index is 13.4. The van der Waals surface area contributed by atoms with Crippen molar-refractivity contribution in [3.8, 4) is 5.75 Å². The highest BCUT2D eigenvalue weighted by molar-refractivity contribution is 7.83. The molecular formula is C21H22N4O2S. The standard InChI is InChI=1S/C21H22N4O2S/c1-24-10-6-15(7-11-24)17-14-25(19-3-2-8-23-21(17)19)28(26)16-4-5-20-18(13-16)22-9-12-27-20/h2-6,8,13-14,22H,7,9-12H2,1H3. The zero-order valence-electron chi connectivity index (χ0n) is 15.7. The van der Waals surface area contributed by atoms with Crippen LogP contribution in [0.1, 0.15) is 12.0 Å². The Kier molecular flexibility index (Phi) is 4.41. The summed E-state index contributed by atoms with van der Waals surface area (Å²) in [7, 11) is 0.756. The molecule has 0 bridgehead atoms. The number of fused-ring (bicyclic) bond motifs is 2. The molecule has 0 spiro atoms. The van der Waals surface area contributed by atoms with Crippen molar-refractivity contribution in [1.29, 1.82) is 0 Å². The van der Waals surface area contributed by atoms with Crippen molar-refractivity contribution in [3.05, 3.63) is 54.4 Å². The van der Waals surface area contributed by atoms with Crippen LogP contribution in [0.2, 0.25) is 0 Å². The lowest BCUT2D eigenvalue weighted by atomic mass is 10.0. The number of benzene rings is 1. The van der Waals surface area contributed by atoms with Crippen LogP contribution in [0.15, 0.2) is 53.7 Å². The Labute approximate surface area is 166 Å². The second-order valence-electron chi connectivity index (χ2n) is 7.16. The van der Waals surface area contributed by atoms with Gasteiger partial charge in [0.05, 0.1) is 21.6 Å². The molecule has 0 saturated carbocycles. The largest absolute Gasteiger partial charge is 0.490 e. The van der Waals surface area contributed by atoms with Gasteiger partial charge in [-0.15, -0.1) is 0 Å². The Hall–Kier alpha value is -2.64. The molecule has 3 aromatic rings. The predicted molar refractivity (Wildman–Crippen MR) is 112 cm³/mol. The molecular weight excluding hydrogens is 372 g/mol. The van der Waals surface area contributed by atoms with E-state index in [2.05, 4.69) is 28.3 Å². The summed E-state index contributed by atoms with van der Waals surface area (Å²) in [5.41, 5.74) is 5.04. The fourth-order valence-electron chi connectivity index (χ4n) is 3.76. The molecule has 0 aliphatic carbocycles. The molecule has 4 heterocycles. The topological polar surface area (TPSA) is 59.4 Å². The van der Waals surface area contributed by atoms with E-state index >= 15 is 0 Å². The van der Waals surface area contributed by atoms with Crippen LogP contribution in [0.4, 0.5) is 5.69 Å². The SMILES string of the molecule is CN1CC=C(c2cn(S(=O)c3ccc4c(c3)NCCO4)c3cccnc23)CC1. The molecule has 0 radical (unpaired) electrons. The first-order valence-corrected chi connectivity index (χ1v) is 10.6. The maximum absolute atomic E-state index is 13.4. The van der Waals surface area contributed by atoms with Crippen molar-refractivity contribution in [3.63, 3.8) is 0 Å². The average Bonchev–Trinajstić information content (AvgIpc) is 3.13. The molecule has 1 aromatic carbocycles. The number of nitrogens with one attached hydrogen (secondary N) is 1. The van der Waals surface area contributed by atoms with Crippen LogP contribution in [-0.4, -0.2) is 51.4 Å². The second kappa shape index (κ2) is 7.07. The first-order chi connectivity index (χ1) is 13.7. The molecule has 28 heavy (non-hydrogen) atoms. The predicted octanol–water partition coefficient (Wildman–Crippen LogP) is 3.13. The summed E-state index contributed by atoms with van der Waals surface area (Å²) in [5.74, 6) is 0.809. The Bertz CT molecular complexity index is 1100. The molecule has 2 aliphatic rings. The third-order valence-electron chi connectivity index (χ3n) is 5.29. The van der Waals surface area contributed by atoms with Gasteiger partial charge >= 0.3 is 0 Å². The molecule has 2 aromatic heterocycles. The summed E-state index contributed by atoms with van der Waals surface area (Å²) in [5, 5.41) is 3.31. The second-order valence-corrected chi connectivity index (χ2v) is 8.53. The van der Waals surface area contributed by atoms with Crippen LogP contribution in [0, 0.1) is 0 Å². The van der Waals surface area contributed by atoms with Crippen LogP contribution < -0.4 is 10.1 Å². The van der Waals surface area contributed by atoms with Gasteiger partial charge in [-0.2, -0.15) is 0 Å². The number of hydrogen-bond donors (Lipinski definition) is 1. The van der Waals surface area contributed by atoms with Gasteiger partial charge in [-0.1, -0.05) is 6.08 Å². The molecule has 0 amide bonds. The molecule has 7 heteroatoms. The number of anilines is 1. The third kappa shape index (κ3) is 3.00. The van der Waals surface area contributed by atoms with E-state index in [0.29, 0.717) is 6.61 Å². The molecule has 2 aliphatic heterocycles. The summed E-state index contributed by atoms with van der Waals surface area (Å²) >= 11 is 0. The van der Waals surface area contributed by atoms with Crippen LogP contribution >= 0.6 is 0 Å². The van der Waals surface area contributed by atoms with E-state index in [9.17, 15) is 4.21 Å². The first kappa shape index (κ1) is 17.5. The first-order valence-electron chi connectivity index (χ1n) is 9.48. The van der Waals surface area contributed by atoms with Gasteiger partial charge in [0, 0.05) is 37.6 Å². The summed E-state index contributed by atoms with van der Waals surface area (Å²) in [6.07, 6.45) is 7.02. The monoisotopic (exact) mass is 394 g/mol. The van der Waals surface area contributed by atoms with E-state index in [0.717, 1.165) is 59.0 Å². The summed E-state index contributed by atoms with van der Waals surface area (Å²) in [6, 6.07) is 9.56. The van der Waals surface area contributed by atoms with E-state index < -0.39 is 11.0 Å². The van der Waals surface area contributed by atoms with Crippen LogP contribution in [-0.2, 0) is 11.0 Å². The quantitative estimate of drug-likeness (QED) is 0.740. The van der Waals surface area contributed by atoms with Crippen LogP contribution in [0.3, 0.4) is 0 Å². The molecule has 144 valence electrons. The average molecular weight is 395 g/mol. The van der Waals surface area contributed by atoms with Crippen LogP contribution in [0.5, 0.6) is 5.75 Å². The molecule has 0 fully saturated rings. The normalized spacial score (nSPS) is 18.1. The minimum atomic E-state index is -1.37. The minimum Gasteiger partial charge on any atom is -0.490 e. The fourth-order valence-corrected chi connectivity index (χ4v) is 4.92. The number of nitrogens with zero attached hydrogens (tertiary/aromatic N) is 3. The number of likely N-dealkylation sites (N-methyl/N-ethyl adjacent to an activating group) is 1. The zero-order valence-corrected chi connectivity index (χ0v) is 16.5. The van der Waals surface area contributed by atoms with Gasteiger partial charge in [-0.05, 0) is 49.4 Å². The van der Waals surface area contributed by atoms with E-state index in [1.165, 1.54) is 5.57 Å². The molecule has 6 nitrogen and oxygen atoms in total. The Morgan fingerprint density at radius 2 is 2.21 bits per heavy atom. The molecule has 0 saturated heterocycles. The highest BCUT2D eigenvalue weighted by atomic mass is 32.2. The third-order valence-corrected chi connectivity index (χ3v) is 6.61. The lowest BCUT2D eigenvalue weighted by Gasteiger charge is -2.21. The van der Waals surface area contributed by atoms with Crippen molar-refractivity contribution in [2.75, 3.05) is 38.6 Å². The van der Waals surface area contributed by atoms with Gasteiger partial charge in [0.2, 0.25) is 0 Å².